The first-order valence-corrected chi connectivity index (χ1v) is 6.09. The van der Waals surface area contributed by atoms with E-state index in [4.69, 9.17) is 0 Å². The molecule has 1 saturated heterocycles. The van der Waals surface area contributed by atoms with E-state index >= 15 is 0 Å². The second kappa shape index (κ2) is 5.41. The second-order valence-electron chi connectivity index (χ2n) is 4.73. The van der Waals surface area contributed by atoms with Crippen LogP contribution in [0.25, 0.3) is 0 Å². The van der Waals surface area contributed by atoms with Crippen LogP contribution in [-0.2, 0) is 0 Å². The van der Waals surface area contributed by atoms with Gasteiger partial charge in [0.15, 0.2) is 0 Å². The number of hydrogen-bond acceptors (Lipinski definition) is 3. The number of aromatic nitrogens is 1. The highest BCUT2D eigenvalue weighted by Crippen LogP contribution is 2.19. The first kappa shape index (κ1) is 11.6. The maximum Gasteiger partial charge on any atom is 0.0572 e. The highest BCUT2D eigenvalue weighted by Gasteiger charge is 2.20. The quantitative estimate of drug-likeness (QED) is 0.835. The summed E-state index contributed by atoms with van der Waals surface area (Å²) >= 11 is 0. The molecule has 1 aromatic rings. The van der Waals surface area contributed by atoms with Crippen LogP contribution in [0, 0.1) is 5.92 Å². The fourth-order valence-corrected chi connectivity index (χ4v) is 2.28. The number of nitrogens with one attached hydrogen (secondary N) is 1. The van der Waals surface area contributed by atoms with E-state index in [1.807, 2.05) is 12.3 Å². The topological polar surface area (TPSA) is 28.2 Å². The Morgan fingerprint density at radius 2 is 2.44 bits per heavy atom. The fourth-order valence-electron chi connectivity index (χ4n) is 2.28. The van der Waals surface area contributed by atoms with Crippen LogP contribution in [0.3, 0.4) is 0 Å². The van der Waals surface area contributed by atoms with Gasteiger partial charge < -0.3 is 5.32 Å². The Hall–Kier alpha value is -0.930. The molecule has 3 nitrogen and oxygen atoms in total. The minimum absolute atomic E-state index is 0.404. The van der Waals surface area contributed by atoms with Crippen molar-refractivity contribution in [1.82, 2.24) is 15.2 Å². The molecule has 3 heteroatoms. The minimum atomic E-state index is 0.404. The van der Waals surface area contributed by atoms with Crippen molar-refractivity contribution in [2.45, 2.75) is 19.4 Å². The van der Waals surface area contributed by atoms with E-state index in [0.29, 0.717) is 6.04 Å². The Morgan fingerprint density at radius 1 is 1.56 bits per heavy atom. The van der Waals surface area contributed by atoms with Crippen molar-refractivity contribution in [3.8, 4) is 0 Å². The van der Waals surface area contributed by atoms with Crippen LogP contribution in [0.4, 0.5) is 0 Å². The zero-order valence-electron chi connectivity index (χ0n) is 10.2. The van der Waals surface area contributed by atoms with Crippen LogP contribution in [0.2, 0.25) is 0 Å². The van der Waals surface area contributed by atoms with Crippen LogP contribution in [0.1, 0.15) is 25.1 Å². The highest BCUT2D eigenvalue weighted by atomic mass is 15.1. The fraction of sp³-hybridized carbons (Fsp3) is 0.615. The Bertz CT molecular complexity index is 306. The van der Waals surface area contributed by atoms with E-state index in [-0.39, 0.29) is 0 Å². The summed E-state index contributed by atoms with van der Waals surface area (Å²) in [6.45, 7) is 5.73. The smallest absolute Gasteiger partial charge is 0.0572 e. The van der Waals surface area contributed by atoms with Crippen molar-refractivity contribution >= 4 is 0 Å². The zero-order valence-corrected chi connectivity index (χ0v) is 10.2. The van der Waals surface area contributed by atoms with Crippen molar-refractivity contribution in [1.29, 1.82) is 0 Å². The van der Waals surface area contributed by atoms with E-state index in [2.05, 4.69) is 41.3 Å². The Labute approximate surface area is 97.9 Å². The normalized spacial score (nSPS) is 22.6. The third kappa shape index (κ3) is 2.80. The van der Waals surface area contributed by atoms with E-state index in [9.17, 15) is 0 Å². The van der Waals surface area contributed by atoms with Gasteiger partial charge in [-0.3, -0.25) is 9.88 Å². The summed E-state index contributed by atoms with van der Waals surface area (Å²) in [5.74, 6) is 0.802. The molecule has 1 fully saturated rings. The second-order valence-corrected chi connectivity index (χ2v) is 4.73. The van der Waals surface area contributed by atoms with Gasteiger partial charge in [-0.2, -0.15) is 0 Å². The summed E-state index contributed by atoms with van der Waals surface area (Å²) in [5.41, 5.74) is 1.16. The summed E-state index contributed by atoms with van der Waals surface area (Å²) in [7, 11) is 2.19. The molecular weight excluding hydrogens is 198 g/mol. The van der Waals surface area contributed by atoms with Gasteiger partial charge in [0.25, 0.3) is 0 Å². The van der Waals surface area contributed by atoms with Crippen molar-refractivity contribution in [3.63, 3.8) is 0 Å². The molecule has 0 amide bonds. The summed E-state index contributed by atoms with van der Waals surface area (Å²) in [5, 5.41) is 3.41. The minimum Gasteiger partial charge on any atom is -0.316 e. The molecule has 0 aromatic carbocycles. The van der Waals surface area contributed by atoms with E-state index in [0.717, 1.165) is 18.2 Å². The van der Waals surface area contributed by atoms with Crippen molar-refractivity contribution in [2.24, 2.45) is 5.92 Å². The monoisotopic (exact) mass is 219 g/mol. The molecule has 2 rings (SSSR count). The molecule has 0 radical (unpaired) electrons. The maximum atomic E-state index is 4.42. The average molecular weight is 219 g/mol. The number of nitrogens with zero attached hydrogens (tertiary/aromatic N) is 2. The SMILES string of the molecule is CC(c1ccccn1)N(C)CC1CCNC1. The van der Waals surface area contributed by atoms with Gasteiger partial charge in [0.05, 0.1) is 5.69 Å². The highest BCUT2D eigenvalue weighted by molar-refractivity contribution is 5.07. The van der Waals surface area contributed by atoms with Gasteiger partial charge in [-0.15, -0.1) is 0 Å². The van der Waals surface area contributed by atoms with Crippen LogP contribution in [0.5, 0.6) is 0 Å². The van der Waals surface area contributed by atoms with E-state index < -0.39 is 0 Å². The lowest BCUT2D eigenvalue weighted by atomic mass is 10.1. The van der Waals surface area contributed by atoms with Crippen LogP contribution in [-0.4, -0.2) is 36.6 Å². The molecule has 0 bridgehead atoms. The van der Waals surface area contributed by atoms with Gasteiger partial charge in [0.1, 0.15) is 0 Å². The van der Waals surface area contributed by atoms with Gasteiger partial charge in [-0.05, 0) is 51.5 Å². The predicted molar refractivity (Wildman–Crippen MR) is 66.3 cm³/mol. The molecule has 16 heavy (non-hydrogen) atoms. The Balaban J connectivity index is 1.91. The Kier molecular flexibility index (Phi) is 3.91. The third-order valence-electron chi connectivity index (χ3n) is 3.49. The molecule has 1 aromatic heterocycles. The van der Waals surface area contributed by atoms with E-state index in [1.165, 1.54) is 19.5 Å². The predicted octanol–water partition coefficient (Wildman–Crippen LogP) is 1.68. The van der Waals surface area contributed by atoms with Crippen molar-refractivity contribution in [2.75, 3.05) is 26.7 Å². The van der Waals surface area contributed by atoms with E-state index in [1.54, 1.807) is 0 Å². The largest absolute Gasteiger partial charge is 0.316 e. The number of hydrogen-bond donors (Lipinski definition) is 1. The summed E-state index contributed by atoms with van der Waals surface area (Å²) < 4.78 is 0. The lowest BCUT2D eigenvalue weighted by molar-refractivity contribution is 0.223. The first-order valence-electron chi connectivity index (χ1n) is 6.09. The summed E-state index contributed by atoms with van der Waals surface area (Å²) in [6, 6.07) is 6.54. The molecule has 1 aliphatic heterocycles. The number of pyridine rings is 1. The molecule has 2 atom stereocenters. The molecule has 0 saturated carbocycles. The van der Waals surface area contributed by atoms with Crippen LogP contribution < -0.4 is 5.32 Å². The molecular formula is C13H21N3. The van der Waals surface area contributed by atoms with Crippen LogP contribution >= 0.6 is 0 Å². The van der Waals surface area contributed by atoms with Gasteiger partial charge in [0, 0.05) is 18.8 Å². The average Bonchev–Trinajstić information content (AvgIpc) is 2.82. The molecule has 1 N–H and O–H groups in total. The lowest BCUT2D eigenvalue weighted by Gasteiger charge is -2.26. The standard InChI is InChI=1S/C13H21N3/c1-11(13-5-3-4-7-15-13)16(2)10-12-6-8-14-9-12/h3-5,7,11-12,14H,6,8-10H2,1-2H3. The van der Waals surface area contributed by atoms with Gasteiger partial charge in [-0.1, -0.05) is 6.07 Å². The molecule has 2 unspecified atom stereocenters. The van der Waals surface area contributed by atoms with Crippen molar-refractivity contribution < 1.29 is 0 Å². The molecule has 88 valence electrons. The molecule has 2 heterocycles. The maximum absolute atomic E-state index is 4.42. The zero-order chi connectivity index (χ0) is 11.4. The van der Waals surface area contributed by atoms with Gasteiger partial charge in [0.2, 0.25) is 0 Å². The summed E-state index contributed by atoms with van der Waals surface area (Å²) in [4.78, 5) is 6.82. The van der Waals surface area contributed by atoms with Gasteiger partial charge >= 0.3 is 0 Å². The summed E-state index contributed by atoms with van der Waals surface area (Å²) in [6.07, 6.45) is 3.18. The molecule has 1 aliphatic rings. The third-order valence-corrected chi connectivity index (χ3v) is 3.49. The van der Waals surface area contributed by atoms with Crippen LogP contribution in [0.15, 0.2) is 24.4 Å². The lowest BCUT2D eigenvalue weighted by Crippen LogP contribution is -2.29. The first-order chi connectivity index (χ1) is 7.77. The van der Waals surface area contributed by atoms with Crippen molar-refractivity contribution in [3.05, 3.63) is 30.1 Å². The van der Waals surface area contributed by atoms with Gasteiger partial charge in [-0.25, -0.2) is 0 Å². The molecule has 0 aliphatic carbocycles. The number of rotatable bonds is 4. The Morgan fingerprint density at radius 3 is 3.06 bits per heavy atom. The molecule has 0 spiro atoms.